The van der Waals surface area contributed by atoms with Gasteiger partial charge in [-0.15, -0.1) is 35.3 Å². The maximum atomic E-state index is 13.1. The van der Waals surface area contributed by atoms with Gasteiger partial charge in [0.25, 0.3) is 0 Å². The molecule has 1 aromatic carbocycles. The van der Waals surface area contributed by atoms with Crippen LogP contribution in [0.15, 0.2) is 59.0 Å². The average Bonchev–Trinajstić information content (AvgIpc) is 3.45. The molecule has 1 fully saturated rings. The van der Waals surface area contributed by atoms with Gasteiger partial charge in [0.1, 0.15) is 5.82 Å². The molecule has 0 bridgehead atoms. The number of benzene rings is 1. The molecule has 30 heavy (non-hydrogen) atoms. The summed E-state index contributed by atoms with van der Waals surface area (Å²) in [6.07, 6.45) is 2.70. The zero-order valence-electron chi connectivity index (χ0n) is 16.9. The second-order valence-corrected chi connectivity index (χ2v) is 7.80. The quantitative estimate of drug-likeness (QED) is 0.305. The lowest BCUT2D eigenvalue weighted by Gasteiger charge is -2.37. The molecule has 3 heterocycles. The van der Waals surface area contributed by atoms with E-state index in [1.807, 2.05) is 19.3 Å². The second kappa shape index (κ2) is 10.8. The molecule has 9 heteroatoms. The van der Waals surface area contributed by atoms with Crippen LogP contribution in [0.5, 0.6) is 0 Å². The molecule has 1 saturated heterocycles. The van der Waals surface area contributed by atoms with Gasteiger partial charge in [-0.1, -0.05) is 0 Å². The first-order valence-corrected chi connectivity index (χ1v) is 10.7. The lowest BCUT2D eigenvalue weighted by molar-refractivity contribution is 0.373. The number of aromatic nitrogens is 2. The van der Waals surface area contributed by atoms with Crippen LogP contribution in [0, 0.1) is 5.82 Å². The van der Waals surface area contributed by atoms with Gasteiger partial charge in [-0.3, -0.25) is 4.99 Å². The van der Waals surface area contributed by atoms with Crippen molar-refractivity contribution in [2.45, 2.75) is 6.42 Å². The fraction of sp³-hybridized carbons (Fsp3) is 0.333. The third-order valence-corrected chi connectivity index (χ3v) is 5.94. The summed E-state index contributed by atoms with van der Waals surface area (Å²) in [6, 6.07) is 12.6. The van der Waals surface area contributed by atoms with Crippen molar-refractivity contribution in [2.24, 2.45) is 4.99 Å². The van der Waals surface area contributed by atoms with Crippen molar-refractivity contribution in [3.63, 3.8) is 0 Å². The van der Waals surface area contributed by atoms with Crippen LogP contribution >= 0.6 is 35.3 Å². The number of thiophene rings is 1. The normalized spacial score (nSPS) is 14.5. The zero-order chi connectivity index (χ0) is 20.1. The van der Waals surface area contributed by atoms with Crippen LogP contribution in [0.4, 0.5) is 9.39 Å². The Labute approximate surface area is 197 Å². The minimum atomic E-state index is -0.243. The number of anilines is 1. The number of rotatable bonds is 5. The molecule has 0 unspecified atom stereocenters. The van der Waals surface area contributed by atoms with Crippen molar-refractivity contribution in [2.75, 3.05) is 44.7 Å². The van der Waals surface area contributed by atoms with Gasteiger partial charge < -0.3 is 15.1 Å². The lowest BCUT2D eigenvalue weighted by Crippen LogP contribution is -2.52. The van der Waals surface area contributed by atoms with Crippen LogP contribution in [0.2, 0.25) is 0 Å². The molecule has 0 saturated carbocycles. The SMILES string of the molecule is CN=C(NCCc1ccn(-c2ccc(F)cc2)n1)N1CCN(c2cccs2)CC1.I. The van der Waals surface area contributed by atoms with E-state index < -0.39 is 0 Å². The van der Waals surface area contributed by atoms with Crippen LogP contribution in [0.3, 0.4) is 0 Å². The Kier molecular flexibility index (Phi) is 8.08. The van der Waals surface area contributed by atoms with Crippen LogP contribution in [0.1, 0.15) is 5.69 Å². The predicted molar refractivity (Wildman–Crippen MR) is 132 cm³/mol. The Balaban J connectivity index is 0.00000256. The molecule has 4 rings (SSSR count). The largest absolute Gasteiger partial charge is 0.360 e. The Hall–Kier alpha value is -2.14. The Morgan fingerprint density at radius 1 is 1.13 bits per heavy atom. The smallest absolute Gasteiger partial charge is 0.193 e. The van der Waals surface area contributed by atoms with Gasteiger partial charge in [0.2, 0.25) is 0 Å². The highest BCUT2D eigenvalue weighted by Gasteiger charge is 2.20. The van der Waals surface area contributed by atoms with Crippen molar-refractivity contribution in [1.82, 2.24) is 20.0 Å². The Bertz CT molecular complexity index is 933. The van der Waals surface area contributed by atoms with E-state index in [2.05, 4.69) is 42.7 Å². The summed E-state index contributed by atoms with van der Waals surface area (Å²) in [5.74, 6) is 0.696. The van der Waals surface area contributed by atoms with E-state index in [4.69, 9.17) is 0 Å². The summed E-state index contributed by atoms with van der Waals surface area (Å²) >= 11 is 1.79. The highest BCUT2D eigenvalue weighted by molar-refractivity contribution is 14.0. The van der Waals surface area contributed by atoms with E-state index in [-0.39, 0.29) is 29.8 Å². The van der Waals surface area contributed by atoms with Crippen molar-refractivity contribution in [1.29, 1.82) is 0 Å². The topological polar surface area (TPSA) is 48.7 Å². The minimum absolute atomic E-state index is 0. The van der Waals surface area contributed by atoms with E-state index in [0.717, 1.165) is 56.5 Å². The van der Waals surface area contributed by atoms with Gasteiger partial charge in [-0.25, -0.2) is 9.07 Å². The van der Waals surface area contributed by atoms with E-state index in [1.165, 1.54) is 17.1 Å². The summed E-state index contributed by atoms with van der Waals surface area (Å²) in [5, 5.41) is 11.5. The van der Waals surface area contributed by atoms with E-state index in [0.29, 0.717) is 0 Å². The van der Waals surface area contributed by atoms with Crippen molar-refractivity contribution < 1.29 is 4.39 Å². The molecule has 1 aliphatic heterocycles. The highest BCUT2D eigenvalue weighted by Crippen LogP contribution is 2.22. The molecule has 3 aromatic rings. The van der Waals surface area contributed by atoms with Gasteiger partial charge in [-0.2, -0.15) is 5.10 Å². The summed E-state index contributed by atoms with van der Waals surface area (Å²) in [7, 11) is 1.83. The maximum Gasteiger partial charge on any atom is 0.193 e. The van der Waals surface area contributed by atoms with Crippen LogP contribution in [0.25, 0.3) is 5.69 Å². The van der Waals surface area contributed by atoms with Crippen LogP contribution in [-0.2, 0) is 6.42 Å². The first-order chi connectivity index (χ1) is 14.2. The first-order valence-electron chi connectivity index (χ1n) is 9.77. The molecule has 0 aliphatic carbocycles. The molecule has 0 amide bonds. The summed E-state index contributed by atoms with van der Waals surface area (Å²) in [6.45, 7) is 4.68. The number of nitrogens with zero attached hydrogens (tertiary/aromatic N) is 5. The highest BCUT2D eigenvalue weighted by atomic mass is 127. The zero-order valence-corrected chi connectivity index (χ0v) is 20.0. The standard InChI is InChI=1S/C21H25FN6S.HI/c1-23-21(27-14-12-26(13-15-27)20-3-2-16-29-20)24-10-8-18-9-11-28(25-18)19-6-4-17(22)5-7-19;/h2-7,9,11,16H,8,10,12-15H2,1H3,(H,23,24);1H. The number of halogens is 2. The first kappa shape index (κ1) is 22.5. The van der Waals surface area contributed by atoms with Gasteiger partial charge in [0.05, 0.1) is 16.4 Å². The number of hydrogen-bond donors (Lipinski definition) is 1. The molecule has 1 aliphatic rings. The molecule has 0 atom stereocenters. The van der Waals surface area contributed by atoms with Crippen molar-refractivity contribution in [3.05, 3.63) is 65.6 Å². The van der Waals surface area contributed by atoms with E-state index >= 15 is 0 Å². The van der Waals surface area contributed by atoms with Gasteiger partial charge in [0.15, 0.2) is 5.96 Å². The minimum Gasteiger partial charge on any atom is -0.360 e. The molecule has 2 aromatic heterocycles. The molecular weight excluding hydrogens is 514 g/mol. The Morgan fingerprint density at radius 2 is 1.90 bits per heavy atom. The molecule has 0 spiro atoms. The Morgan fingerprint density at radius 3 is 2.57 bits per heavy atom. The fourth-order valence-corrected chi connectivity index (χ4v) is 4.24. The molecule has 1 N–H and O–H groups in total. The van der Waals surface area contributed by atoms with E-state index in [9.17, 15) is 4.39 Å². The molecule has 6 nitrogen and oxygen atoms in total. The summed E-state index contributed by atoms with van der Waals surface area (Å²) in [4.78, 5) is 9.18. The van der Waals surface area contributed by atoms with Crippen molar-refractivity contribution >= 4 is 46.3 Å². The van der Waals surface area contributed by atoms with Crippen molar-refractivity contribution in [3.8, 4) is 5.69 Å². The lowest BCUT2D eigenvalue weighted by atomic mass is 10.3. The molecule has 0 radical (unpaired) electrons. The summed E-state index contributed by atoms with van der Waals surface area (Å²) < 4.78 is 14.8. The molecule has 160 valence electrons. The van der Waals surface area contributed by atoms with Gasteiger partial charge in [-0.05, 0) is 47.8 Å². The number of nitrogens with one attached hydrogen (secondary N) is 1. The van der Waals surface area contributed by atoms with E-state index in [1.54, 1.807) is 28.2 Å². The predicted octanol–water partition coefficient (Wildman–Crippen LogP) is 3.63. The van der Waals surface area contributed by atoms with Gasteiger partial charge in [0, 0.05) is 52.4 Å². The van der Waals surface area contributed by atoms with Crippen LogP contribution < -0.4 is 10.2 Å². The van der Waals surface area contributed by atoms with Crippen LogP contribution in [-0.4, -0.2) is 60.4 Å². The monoisotopic (exact) mass is 540 g/mol. The molecular formula is C21H26FIN6S. The third-order valence-electron chi connectivity index (χ3n) is 5.01. The average molecular weight is 540 g/mol. The number of guanidine groups is 1. The summed E-state index contributed by atoms with van der Waals surface area (Å²) in [5.41, 5.74) is 1.84. The van der Waals surface area contributed by atoms with Gasteiger partial charge >= 0.3 is 0 Å². The number of piperazine rings is 1. The third kappa shape index (κ3) is 5.51. The number of hydrogen-bond acceptors (Lipinski definition) is 4. The fourth-order valence-electron chi connectivity index (χ4n) is 3.46. The second-order valence-electron chi connectivity index (χ2n) is 6.88. The maximum absolute atomic E-state index is 13.1. The number of aliphatic imine (C=N–C) groups is 1.